The molecule has 1 saturated heterocycles. The van der Waals surface area contributed by atoms with E-state index in [1.165, 1.54) is 0 Å². The molecule has 2 rings (SSSR count). The van der Waals surface area contributed by atoms with E-state index in [1.807, 2.05) is 36.9 Å². The fourth-order valence-electron chi connectivity index (χ4n) is 3.23. The summed E-state index contributed by atoms with van der Waals surface area (Å²) in [4.78, 5) is 26.5. The summed E-state index contributed by atoms with van der Waals surface area (Å²) in [7, 11) is 1.65. The number of urea groups is 1. The number of rotatable bonds is 7. The lowest BCUT2D eigenvalue weighted by atomic mass is 9.89. The number of benzene rings is 1. The third-order valence-electron chi connectivity index (χ3n) is 4.55. The summed E-state index contributed by atoms with van der Waals surface area (Å²) in [6, 6.07) is 7.90. The Labute approximate surface area is 156 Å². The number of carbonyl (C=O) groups excluding carboxylic acids is 2. The number of methoxy groups -OCH3 is 1. The summed E-state index contributed by atoms with van der Waals surface area (Å²) in [6.07, 6.45) is 2.80. The predicted molar refractivity (Wildman–Crippen MR) is 102 cm³/mol. The molecule has 3 amide bonds. The number of amides is 3. The largest absolute Gasteiger partial charge is 0.385 e. The first-order chi connectivity index (χ1) is 12.5. The van der Waals surface area contributed by atoms with Gasteiger partial charge in [-0.15, -0.1) is 0 Å². The molecular weight excluding hydrogens is 330 g/mol. The Bertz CT molecular complexity index is 604. The number of nitrogens with zero attached hydrogens (tertiary/aromatic N) is 1. The Hall–Kier alpha value is -2.08. The van der Waals surface area contributed by atoms with Crippen LogP contribution in [0.25, 0.3) is 0 Å². The average Bonchev–Trinajstić information content (AvgIpc) is 2.65. The van der Waals surface area contributed by atoms with Crippen molar-refractivity contribution in [1.29, 1.82) is 0 Å². The molecule has 0 aromatic heterocycles. The van der Waals surface area contributed by atoms with Crippen molar-refractivity contribution in [3.63, 3.8) is 0 Å². The van der Waals surface area contributed by atoms with E-state index in [1.54, 1.807) is 7.11 Å². The lowest BCUT2D eigenvalue weighted by Crippen LogP contribution is -2.47. The molecule has 0 aliphatic carbocycles. The van der Waals surface area contributed by atoms with E-state index in [-0.39, 0.29) is 23.9 Å². The minimum absolute atomic E-state index is 0.00302. The molecule has 1 heterocycles. The lowest BCUT2D eigenvalue weighted by molar-refractivity contribution is 0.0948. The van der Waals surface area contributed by atoms with Crippen LogP contribution in [0.4, 0.5) is 4.79 Å². The van der Waals surface area contributed by atoms with Crippen LogP contribution in [0.15, 0.2) is 24.3 Å². The van der Waals surface area contributed by atoms with Crippen molar-refractivity contribution < 1.29 is 14.3 Å². The van der Waals surface area contributed by atoms with Gasteiger partial charge in [-0.3, -0.25) is 4.79 Å². The molecule has 144 valence electrons. The zero-order chi connectivity index (χ0) is 18.9. The van der Waals surface area contributed by atoms with E-state index >= 15 is 0 Å². The Morgan fingerprint density at radius 3 is 2.88 bits per heavy atom. The number of carbonyl (C=O) groups is 2. The van der Waals surface area contributed by atoms with Crippen LogP contribution in [0, 0.1) is 0 Å². The van der Waals surface area contributed by atoms with Crippen molar-refractivity contribution in [2.24, 2.45) is 0 Å². The van der Waals surface area contributed by atoms with Gasteiger partial charge >= 0.3 is 6.03 Å². The summed E-state index contributed by atoms with van der Waals surface area (Å²) in [5.74, 6) is 0.205. The van der Waals surface area contributed by atoms with Gasteiger partial charge in [-0.25, -0.2) is 4.79 Å². The van der Waals surface area contributed by atoms with Crippen molar-refractivity contribution >= 4 is 11.9 Å². The maximum atomic E-state index is 12.3. The first kappa shape index (κ1) is 20.2. The molecule has 26 heavy (non-hydrogen) atoms. The predicted octanol–water partition coefficient (Wildman–Crippen LogP) is 2.75. The topological polar surface area (TPSA) is 70.7 Å². The number of hydrogen-bond donors (Lipinski definition) is 2. The smallest absolute Gasteiger partial charge is 0.317 e. The summed E-state index contributed by atoms with van der Waals surface area (Å²) >= 11 is 0. The van der Waals surface area contributed by atoms with E-state index in [4.69, 9.17) is 4.74 Å². The molecule has 1 fully saturated rings. The molecule has 0 bridgehead atoms. The molecular formula is C20H31N3O3. The quantitative estimate of drug-likeness (QED) is 0.734. The van der Waals surface area contributed by atoms with Gasteiger partial charge in [0.2, 0.25) is 0 Å². The molecule has 6 heteroatoms. The van der Waals surface area contributed by atoms with Gasteiger partial charge in [-0.2, -0.15) is 0 Å². The standard InChI is InChI=1S/C20H31N3O3/c1-15(2)22-20(25)23-11-5-9-18(14-23)16-7-4-8-17(13-16)19(24)21-10-6-12-26-3/h4,7-8,13,15,18H,5-6,9-12,14H2,1-3H3,(H,21,24)(H,22,25)/t18-/m0/s1. The molecule has 6 nitrogen and oxygen atoms in total. The fraction of sp³-hybridized carbons (Fsp3) is 0.600. The number of hydrogen-bond acceptors (Lipinski definition) is 3. The maximum absolute atomic E-state index is 12.3. The third kappa shape index (κ3) is 6.02. The van der Waals surface area contributed by atoms with Gasteiger partial charge in [0.1, 0.15) is 0 Å². The van der Waals surface area contributed by atoms with Gasteiger partial charge in [0, 0.05) is 50.9 Å². The van der Waals surface area contributed by atoms with E-state index < -0.39 is 0 Å². The van der Waals surface area contributed by atoms with Crippen LogP contribution in [-0.2, 0) is 4.74 Å². The molecule has 0 spiro atoms. The summed E-state index contributed by atoms with van der Waals surface area (Å²) < 4.78 is 4.99. The molecule has 1 aromatic rings. The van der Waals surface area contributed by atoms with Gasteiger partial charge in [0.15, 0.2) is 0 Å². The van der Waals surface area contributed by atoms with Crippen LogP contribution in [0.5, 0.6) is 0 Å². The molecule has 0 unspecified atom stereocenters. The van der Waals surface area contributed by atoms with Crippen molar-refractivity contribution in [3.05, 3.63) is 35.4 Å². The molecule has 0 saturated carbocycles. The second kappa shape index (κ2) is 10.2. The van der Waals surface area contributed by atoms with Gasteiger partial charge < -0.3 is 20.3 Å². The van der Waals surface area contributed by atoms with Crippen LogP contribution in [0.1, 0.15) is 54.9 Å². The molecule has 1 aromatic carbocycles. The van der Waals surface area contributed by atoms with Gasteiger partial charge in [-0.05, 0) is 50.8 Å². The van der Waals surface area contributed by atoms with Crippen LogP contribution >= 0.6 is 0 Å². The Balaban J connectivity index is 1.97. The van der Waals surface area contributed by atoms with Crippen LogP contribution in [-0.4, -0.2) is 56.2 Å². The van der Waals surface area contributed by atoms with Crippen molar-refractivity contribution in [3.8, 4) is 0 Å². The highest BCUT2D eigenvalue weighted by Gasteiger charge is 2.25. The van der Waals surface area contributed by atoms with Crippen molar-refractivity contribution in [1.82, 2.24) is 15.5 Å². The Morgan fingerprint density at radius 1 is 1.35 bits per heavy atom. The SMILES string of the molecule is COCCCNC(=O)c1cccc([C@H]2CCCN(C(=O)NC(C)C)C2)c1. The third-order valence-corrected chi connectivity index (χ3v) is 4.55. The van der Waals surface area contributed by atoms with Crippen molar-refractivity contribution in [2.75, 3.05) is 33.4 Å². The van der Waals surface area contributed by atoms with Crippen molar-refractivity contribution in [2.45, 2.75) is 45.1 Å². The van der Waals surface area contributed by atoms with E-state index in [2.05, 4.69) is 16.7 Å². The van der Waals surface area contributed by atoms with Gasteiger partial charge in [-0.1, -0.05) is 12.1 Å². The van der Waals surface area contributed by atoms with E-state index in [0.717, 1.165) is 31.4 Å². The van der Waals surface area contributed by atoms with Crippen LogP contribution in [0.2, 0.25) is 0 Å². The minimum Gasteiger partial charge on any atom is -0.385 e. The highest BCUT2D eigenvalue weighted by molar-refractivity contribution is 5.94. The molecule has 1 aliphatic rings. The molecule has 1 atom stereocenters. The minimum atomic E-state index is -0.0619. The highest BCUT2D eigenvalue weighted by Crippen LogP contribution is 2.27. The first-order valence-electron chi connectivity index (χ1n) is 9.43. The number of piperidine rings is 1. The van der Waals surface area contributed by atoms with Gasteiger partial charge in [0.05, 0.1) is 0 Å². The molecule has 2 N–H and O–H groups in total. The number of likely N-dealkylation sites (tertiary alicyclic amines) is 1. The molecule has 0 radical (unpaired) electrons. The Morgan fingerprint density at radius 2 is 2.15 bits per heavy atom. The second-order valence-electron chi connectivity index (χ2n) is 7.12. The Kier molecular flexibility index (Phi) is 7.91. The first-order valence-corrected chi connectivity index (χ1v) is 9.43. The van der Waals surface area contributed by atoms with Gasteiger partial charge in [0.25, 0.3) is 5.91 Å². The maximum Gasteiger partial charge on any atom is 0.317 e. The van der Waals surface area contributed by atoms with Crippen LogP contribution in [0.3, 0.4) is 0 Å². The van der Waals surface area contributed by atoms with Crippen LogP contribution < -0.4 is 10.6 Å². The highest BCUT2D eigenvalue weighted by atomic mass is 16.5. The molecule has 1 aliphatic heterocycles. The zero-order valence-corrected chi connectivity index (χ0v) is 16.1. The summed E-state index contributed by atoms with van der Waals surface area (Å²) in [5.41, 5.74) is 1.79. The van der Waals surface area contributed by atoms with E-state index in [9.17, 15) is 9.59 Å². The van der Waals surface area contributed by atoms with E-state index in [0.29, 0.717) is 25.3 Å². The normalized spacial score (nSPS) is 17.2. The fourth-order valence-corrected chi connectivity index (χ4v) is 3.23. The second-order valence-corrected chi connectivity index (χ2v) is 7.12. The average molecular weight is 361 g/mol. The monoisotopic (exact) mass is 361 g/mol. The lowest BCUT2D eigenvalue weighted by Gasteiger charge is -2.33. The number of nitrogens with one attached hydrogen (secondary N) is 2. The number of ether oxygens (including phenoxy) is 1. The summed E-state index contributed by atoms with van der Waals surface area (Å²) in [6.45, 7) is 6.65. The zero-order valence-electron chi connectivity index (χ0n) is 16.1. The summed E-state index contributed by atoms with van der Waals surface area (Å²) in [5, 5.41) is 5.88.